The molecule has 4 heterocycles. The average molecular weight is 765 g/mol. The van der Waals surface area contributed by atoms with E-state index < -0.39 is 0 Å². The second-order valence-corrected chi connectivity index (χ2v) is 16.7. The van der Waals surface area contributed by atoms with E-state index in [4.69, 9.17) is 9.98 Å². The number of nitrogens with zero attached hydrogens (tertiary/aromatic N) is 3. The van der Waals surface area contributed by atoms with Crippen LogP contribution in [0.3, 0.4) is 0 Å². The average Bonchev–Trinajstić information content (AvgIpc) is 3.95. The third-order valence-electron chi connectivity index (χ3n) is 11.3. The molecule has 1 N–H and O–H groups in total. The minimum Gasteiger partial charge on any atom is -0.344 e. The van der Waals surface area contributed by atoms with Crippen molar-refractivity contribution in [2.24, 2.45) is 9.98 Å². The SMILES string of the molecule is c1ccc(C2=NC(c3cccc4c3sc3ccc(-c5ccc6c(c5)sc5cc(-n7c8ccccc8c8ccccc87)ccc56)cc34)=NC(c3ccccc3)N2)cc1. The molecule has 1 unspecified atom stereocenters. The van der Waals surface area contributed by atoms with Gasteiger partial charge in [0, 0.05) is 67.9 Å². The lowest BCUT2D eigenvalue weighted by molar-refractivity contribution is 0.674. The van der Waals surface area contributed by atoms with Crippen molar-refractivity contribution in [3.63, 3.8) is 0 Å². The largest absolute Gasteiger partial charge is 0.344 e. The first-order valence-electron chi connectivity index (χ1n) is 19.2. The van der Waals surface area contributed by atoms with E-state index >= 15 is 0 Å². The lowest BCUT2D eigenvalue weighted by Gasteiger charge is -2.23. The Kier molecular flexibility index (Phi) is 7.30. The summed E-state index contributed by atoms with van der Waals surface area (Å²) in [6.07, 6.45) is -0.241. The summed E-state index contributed by atoms with van der Waals surface area (Å²) in [6, 6.07) is 65.5. The monoisotopic (exact) mass is 764 g/mol. The first kappa shape index (κ1) is 32.4. The summed E-state index contributed by atoms with van der Waals surface area (Å²) in [5, 5.41) is 11.2. The number of fused-ring (bicyclic) bond motifs is 9. The highest BCUT2D eigenvalue weighted by Crippen LogP contribution is 2.42. The zero-order valence-electron chi connectivity index (χ0n) is 30.6. The van der Waals surface area contributed by atoms with Crippen LogP contribution in [0.1, 0.15) is 22.9 Å². The van der Waals surface area contributed by atoms with Gasteiger partial charge in [-0.3, -0.25) is 0 Å². The predicted molar refractivity (Wildman–Crippen MR) is 244 cm³/mol. The van der Waals surface area contributed by atoms with Gasteiger partial charge in [-0.15, -0.1) is 22.7 Å². The van der Waals surface area contributed by atoms with Gasteiger partial charge in [-0.25, -0.2) is 9.98 Å². The molecule has 0 saturated carbocycles. The van der Waals surface area contributed by atoms with Crippen molar-refractivity contribution < 1.29 is 0 Å². The Bertz CT molecular complexity index is 3390. The van der Waals surface area contributed by atoms with Crippen molar-refractivity contribution in [3.05, 3.63) is 199 Å². The Morgan fingerprint density at radius 2 is 1.11 bits per heavy atom. The number of hydrogen-bond acceptors (Lipinski definition) is 5. The smallest absolute Gasteiger partial charge is 0.160 e. The molecule has 11 aromatic rings. The van der Waals surface area contributed by atoms with Crippen LogP contribution in [0.2, 0.25) is 0 Å². The van der Waals surface area contributed by atoms with Gasteiger partial charge in [-0.05, 0) is 65.2 Å². The lowest BCUT2D eigenvalue weighted by Crippen LogP contribution is -2.33. The Morgan fingerprint density at radius 1 is 0.456 bits per heavy atom. The Morgan fingerprint density at radius 3 is 1.89 bits per heavy atom. The van der Waals surface area contributed by atoms with Gasteiger partial charge < -0.3 is 9.88 Å². The molecule has 0 bridgehead atoms. The summed E-state index contributed by atoms with van der Waals surface area (Å²) in [7, 11) is 0. The number of amidine groups is 2. The highest BCUT2D eigenvalue weighted by molar-refractivity contribution is 7.26. The maximum Gasteiger partial charge on any atom is 0.160 e. The highest BCUT2D eigenvalue weighted by Gasteiger charge is 2.23. The van der Waals surface area contributed by atoms with Crippen LogP contribution < -0.4 is 5.32 Å². The van der Waals surface area contributed by atoms with Crippen molar-refractivity contribution >= 4 is 96.5 Å². The molecular formula is C51H32N4S2. The van der Waals surface area contributed by atoms with Gasteiger partial charge in [-0.1, -0.05) is 133 Å². The van der Waals surface area contributed by atoms with Crippen LogP contribution in [0.25, 0.3) is 79.0 Å². The second kappa shape index (κ2) is 12.8. The number of thiophene rings is 2. The summed E-state index contributed by atoms with van der Waals surface area (Å²) in [5.41, 5.74) is 9.28. The van der Waals surface area contributed by atoms with Crippen LogP contribution in [0.4, 0.5) is 0 Å². The zero-order chi connectivity index (χ0) is 37.5. The van der Waals surface area contributed by atoms with E-state index in [2.05, 4.69) is 180 Å². The number of benzene rings is 8. The van der Waals surface area contributed by atoms with Gasteiger partial charge in [0.1, 0.15) is 12.0 Å². The van der Waals surface area contributed by atoms with E-state index in [1.54, 1.807) is 0 Å². The third-order valence-corrected chi connectivity index (χ3v) is 13.6. The summed E-state index contributed by atoms with van der Waals surface area (Å²) in [4.78, 5) is 10.3. The Hall–Kier alpha value is -6.86. The fourth-order valence-corrected chi connectivity index (χ4v) is 10.9. The molecule has 0 radical (unpaired) electrons. The van der Waals surface area contributed by atoms with Crippen molar-refractivity contribution in [1.29, 1.82) is 0 Å². The standard InChI is InChI=1S/C51H32N4S2/c1-3-12-31(13-4-1)49-52-50(32-14-5-2-6-15-32)54-51(53-49)41-19-11-18-40-42-28-33(23-27-45(42)57-48(40)41)34-22-25-38-39-26-24-35(30-47(39)56-46(38)29-34)55-43-20-9-7-16-36(43)37-17-8-10-21-44(37)55/h1-30,49H,(H,52,53,54). The van der Waals surface area contributed by atoms with Crippen molar-refractivity contribution in [2.75, 3.05) is 0 Å². The van der Waals surface area contributed by atoms with Crippen LogP contribution in [0.5, 0.6) is 0 Å². The van der Waals surface area contributed by atoms with Gasteiger partial charge >= 0.3 is 0 Å². The molecule has 6 heteroatoms. The summed E-state index contributed by atoms with van der Waals surface area (Å²) in [6.45, 7) is 0. The molecule has 0 spiro atoms. The molecule has 0 saturated heterocycles. The van der Waals surface area contributed by atoms with Crippen LogP contribution in [0.15, 0.2) is 192 Å². The number of aliphatic imine (C=N–C) groups is 2. The molecule has 268 valence electrons. The Balaban J connectivity index is 0.942. The van der Waals surface area contributed by atoms with Gasteiger partial charge in [0.05, 0.1) is 11.0 Å². The first-order chi connectivity index (χ1) is 28.2. The highest BCUT2D eigenvalue weighted by atomic mass is 32.1. The van der Waals surface area contributed by atoms with Crippen LogP contribution >= 0.6 is 22.7 Å². The normalized spacial score (nSPS) is 14.5. The quantitative estimate of drug-likeness (QED) is 0.186. The molecule has 3 aromatic heterocycles. The molecule has 8 aromatic carbocycles. The topological polar surface area (TPSA) is 41.7 Å². The fraction of sp³-hybridized carbons (Fsp3) is 0.0196. The van der Waals surface area contributed by atoms with E-state index in [1.165, 1.54) is 79.0 Å². The van der Waals surface area contributed by atoms with E-state index in [-0.39, 0.29) is 6.17 Å². The second-order valence-electron chi connectivity index (χ2n) is 14.6. The summed E-state index contributed by atoms with van der Waals surface area (Å²) >= 11 is 3.69. The minimum absolute atomic E-state index is 0.241. The molecule has 1 atom stereocenters. The molecule has 4 nitrogen and oxygen atoms in total. The van der Waals surface area contributed by atoms with Crippen molar-refractivity contribution in [3.8, 4) is 16.8 Å². The Labute approximate surface area is 336 Å². The third kappa shape index (κ3) is 5.26. The molecule has 1 aliphatic heterocycles. The summed E-state index contributed by atoms with van der Waals surface area (Å²) < 4.78 is 7.44. The zero-order valence-corrected chi connectivity index (χ0v) is 32.2. The van der Waals surface area contributed by atoms with Crippen molar-refractivity contribution in [1.82, 2.24) is 9.88 Å². The maximum absolute atomic E-state index is 5.20. The molecule has 12 rings (SSSR count). The van der Waals surface area contributed by atoms with Crippen LogP contribution in [-0.4, -0.2) is 16.2 Å². The minimum atomic E-state index is -0.241. The van der Waals surface area contributed by atoms with Gasteiger partial charge in [0.25, 0.3) is 0 Å². The van der Waals surface area contributed by atoms with Crippen LogP contribution in [-0.2, 0) is 0 Å². The lowest BCUT2D eigenvalue weighted by atomic mass is 10.0. The number of rotatable bonds is 5. The van der Waals surface area contributed by atoms with Crippen LogP contribution in [0, 0.1) is 0 Å². The molecule has 0 aliphatic carbocycles. The van der Waals surface area contributed by atoms with Gasteiger partial charge in [0.2, 0.25) is 0 Å². The first-order valence-corrected chi connectivity index (χ1v) is 20.8. The molecule has 57 heavy (non-hydrogen) atoms. The van der Waals surface area contributed by atoms with E-state index in [0.29, 0.717) is 0 Å². The van der Waals surface area contributed by atoms with E-state index in [1.807, 2.05) is 34.8 Å². The van der Waals surface area contributed by atoms with Gasteiger partial charge in [-0.2, -0.15) is 0 Å². The van der Waals surface area contributed by atoms with Crippen molar-refractivity contribution in [2.45, 2.75) is 6.17 Å². The fourth-order valence-electron chi connectivity index (χ4n) is 8.56. The van der Waals surface area contributed by atoms with Gasteiger partial charge in [0.15, 0.2) is 5.84 Å². The predicted octanol–water partition coefficient (Wildman–Crippen LogP) is 13.7. The number of hydrogen-bond donors (Lipinski definition) is 1. The molecular weight excluding hydrogens is 733 g/mol. The molecule has 0 amide bonds. The molecule has 1 aliphatic rings. The van der Waals surface area contributed by atoms with E-state index in [9.17, 15) is 0 Å². The number of aromatic nitrogens is 1. The molecule has 0 fully saturated rings. The number of para-hydroxylation sites is 2. The summed E-state index contributed by atoms with van der Waals surface area (Å²) in [5.74, 6) is 1.57. The van der Waals surface area contributed by atoms with E-state index in [0.717, 1.165) is 28.4 Å². The number of nitrogens with one attached hydrogen (secondary N) is 1. The maximum atomic E-state index is 5.20.